The van der Waals surface area contributed by atoms with Crippen molar-refractivity contribution in [3.8, 4) is 0 Å². The molecule has 7 nitrogen and oxygen atoms in total. The molecule has 5 N–H and O–H groups in total. The molecule has 0 aliphatic carbocycles. The molecule has 0 saturated carbocycles. The Hall–Kier alpha value is -2.67. The first-order chi connectivity index (χ1) is 14.3. The number of hydrogen-bond acceptors (Lipinski definition) is 4. The molecule has 0 radical (unpaired) electrons. The highest BCUT2D eigenvalue weighted by atomic mass is 16.2. The first-order valence-electron chi connectivity index (χ1n) is 10.5. The van der Waals surface area contributed by atoms with Gasteiger partial charge in [-0.3, -0.25) is 14.4 Å². The van der Waals surface area contributed by atoms with Gasteiger partial charge in [-0.25, -0.2) is 0 Å². The van der Waals surface area contributed by atoms with Crippen LogP contribution in [0.4, 0.5) is 0 Å². The Kier molecular flexibility index (Phi) is 19.3. The minimum absolute atomic E-state index is 0.152. The van der Waals surface area contributed by atoms with Crippen LogP contribution in [-0.4, -0.2) is 43.4 Å². The van der Waals surface area contributed by atoms with Crippen molar-refractivity contribution >= 4 is 17.7 Å². The third-order valence-corrected chi connectivity index (χ3v) is 3.42. The third kappa shape index (κ3) is 16.3. The molecule has 1 aromatic rings. The predicted molar refractivity (Wildman–Crippen MR) is 124 cm³/mol. The zero-order chi connectivity index (χ0) is 23.4. The molecule has 0 aliphatic rings. The van der Waals surface area contributed by atoms with Crippen molar-refractivity contribution in [2.24, 2.45) is 11.7 Å². The minimum Gasteiger partial charge on any atom is -0.353 e. The lowest BCUT2D eigenvalue weighted by Gasteiger charge is -2.19. The summed E-state index contributed by atoms with van der Waals surface area (Å²) >= 11 is 0. The summed E-state index contributed by atoms with van der Waals surface area (Å²) in [6.07, 6.45) is 2.47. The van der Waals surface area contributed by atoms with Gasteiger partial charge in [0.15, 0.2) is 0 Å². The number of nitrogens with two attached hydrogens (primary N) is 1. The normalized spacial score (nSPS) is 10.4. The average Bonchev–Trinajstić information content (AvgIpc) is 2.72. The van der Waals surface area contributed by atoms with Crippen molar-refractivity contribution in [1.82, 2.24) is 16.0 Å². The third-order valence-electron chi connectivity index (χ3n) is 3.42. The Morgan fingerprint density at radius 3 is 2.13 bits per heavy atom. The smallest absolute Gasteiger partial charge is 0.242 e. The van der Waals surface area contributed by atoms with Crippen molar-refractivity contribution < 1.29 is 14.4 Å². The molecule has 0 aliphatic heterocycles. The second kappa shape index (κ2) is 19.6. The number of amides is 3. The van der Waals surface area contributed by atoms with Crippen LogP contribution in [0.3, 0.4) is 0 Å². The lowest BCUT2D eigenvalue weighted by Crippen LogP contribution is -2.51. The Morgan fingerprint density at radius 1 is 1.07 bits per heavy atom. The van der Waals surface area contributed by atoms with Crippen LogP contribution in [0.2, 0.25) is 0 Å². The van der Waals surface area contributed by atoms with Gasteiger partial charge in [0, 0.05) is 25.9 Å². The fraction of sp³-hybridized carbons (Fsp3) is 0.522. The van der Waals surface area contributed by atoms with Gasteiger partial charge < -0.3 is 21.7 Å². The summed E-state index contributed by atoms with van der Waals surface area (Å²) < 4.78 is 0. The Morgan fingerprint density at radius 2 is 1.63 bits per heavy atom. The molecule has 0 bridgehead atoms. The van der Waals surface area contributed by atoms with E-state index in [2.05, 4.69) is 22.5 Å². The van der Waals surface area contributed by atoms with Gasteiger partial charge in [-0.15, -0.1) is 6.58 Å². The lowest BCUT2D eigenvalue weighted by molar-refractivity contribution is -0.129. The summed E-state index contributed by atoms with van der Waals surface area (Å²) in [7, 11) is 0. The van der Waals surface area contributed by atoms with E-state index in [1.165, 1.54) is 0 Å². The van der Waals surface area contributed by atoms with E-state index in [-0.39, 0.29) is 24.3 Å². The standard InChI is InChI=1S/C18H28N4O3.C3H6.C2H6/c1-13(2)10-16(23)21-12-17(24)22-15(18(25)20-9-8-19)11-14-6-4-3-5-7-14;1-3-2;1-2/h3-7,13,15H,8-12,19H2,1-2H3,(H,20,25)(H,21,23)(H,22,24);3H,1H2,2H3;1-2H3. The summed E-state index contributed by atoms with van der Waals surface area (Å²) in [6, 6.07) is 8.69. The molecule has 30 heavy (non-hydrogen) atoms. The van der Waals surface area contributed by atoms with Gasteiger partial charge in [-0.05, 0) is 18.4 Å². The molecular weight excluding hydrogens is 380 g/mol. The summed E-state index contributed by atoms with van der Waals surface area (Å²) in [5.41, 5.74) is 6.33. The molecule has 0 heterocycles. The van der Waals surface area contributed by atoms with Gasteiger partial charge in [0.05, 0.1) is 6.54 Å². The molecule has 1 atom stereocenters. The van der Waals surface area contributed by atoms with E-state index in [1.807, 2.05) is 65.0 Å². The monoisotopic (exact) mass is 420 g/mol. The van der Waals surface area contributed by atoms with Crippen molar-refractivity contribution in [1.29, 1.82) is 0 Å². The molecule has 0 aromatic heterocycles. The van der Waals surface area contributed by atoms with E-state index in [9.17, 15) is 14.4 Å². The van der Waals surface area contributed by atoms with Crippen LogP contribution in [-0.2, 0) is 20.8 Å². The van der Waals surface area contributed by atoms with Gasteiger partial charge in [0.1, 0.15) is 6.04 Å². The quantitative estimate of drug-likeness (QED) is 0.434. The maximum atomic E-state index is 12.3. The number of rotatable bonds is 10. The van der Waals surface area contributed by atoms with E-state index < -0.39 is 11.9 Å². The van der Waals surface area contributed by atoms with Crippen LogP contribution in [0.25, 0.3) is 0 Å². The molecule has 3 amide bonds. The van der Waals surface area contributed by atoms with Gasteiger partial charge in [-0.1, -0.05) is 64.1 Å². The average molecular weight is 421 g/mol. The SMILES string of the molecule is C=CC.CC.CC(C)CC(=O)NCC(=O)NC(Cc1ccccc1)C(=O)NCCN. The zero-order valence-corrected chi connectivity index (χ0v) is 19.2. The van der Waals surface area contributed by atoms with Gasteiger partial charge in [0.2, 0.25) is 17.7 Å². The number of hydrogen-bond donors (Lipinski definition) is 4. The van der Waals surface area contributed by atoms with Crippen LogP contribution >= 0.6 is 0 Å². The lowest BCUT2D eigenvalue weighted by atomic mass is 10.1. The molecule has 0 saturated heterocycles. The van der Waals surface area contributed by atoms with E-state index in [4.69, 9.17) is 5.73 Å². The molecule has 1 rings (SSSR count). The highest BCUT2D eigenvalue weighted by molar-refractivity contribution is 5.90. The minimum atomic E-state index is -0.719. The fourth-order valence-electron chi connectivity index (χ4n) is 2.24. The van der Waals surface area contributed by atoms with Crippen LogP contribution in [0.5, 0.6) is 0 Å². The Balaban J connectivity index is 0. The second-order valence-electron chi connectivity index (χ2n) is 6.67. The first kappa shape index (κ1) is 29.5. The summed E-state index contributed by atoms with van der Waals surface area (Å²) in [6.45, 7) is 13.6. The van der Waals surface area contributed by atoms with Crippen molar-refractivity contribution in [2.75, 3.05) is 19.6 Å². The highest BCUT2D eigenvalue weighted by Gasteiger charge is 2.21. The van der Waals surface area contributed by atoms with Crippen molar-refractivity contribution in [3.63, 3.8) is 0 Å². The molecule has 0 spiro atoms. The van der Waals surface area contributed by atoms with E-state index in [1.54, 1.807) is 6.08 Å². The molecule has 1 aromatic carbocycles. The summed E-state index contributed by atoms with van der Waals surface area (Å²) in [5, 5.41) is 7.92. The van der Waals surface area contributed by atoms with E-state index >= 15 is 0 Å². The summed E-state index contributed by atoms with van der Waals surface area (Å²) in [5.74, 6) is -0.662. The van der Waals surface area contributed by atoms with Crippen LogP contribution < -0.4 is 21.7 Å². The molecular formula is C23H40N4O3. The maximum Gasteiger partial charge on any atom is 0.242 e. The number of carbonyl (C=O) groups excluding carboxylic acids is 3. The maximum absolute atomic E-state index is 12.3. The molecule has 7 heteroatoms. The Bertz CT molecular complexity index is 604. The van der Waals surface area contributed by atoms with Gasteiger partial charge in [0.25, 0.3) is 0 Å². The Labute approximate surface area is 181 Å². The number of nitrogens with one attached hydrogen (secondary N) is 3. The predicted octanol–water partition coefficient (Wildman–Crippen LogP) is 2.17. The number of carbonyl (C=O) groups is 3. The van der Waals surface area contributed by atoms with Crippen LogP contribution in [0.1, 0.15) is 46.6 Å². The van der Waals surface area contributed by atoms with Crippen molar-refractivity contribution in [3.05, 3.63) is 48.6 Å². The highest BCUT2D eigenvalue weighted by Crippen LogP contribution is 2.03. The summed E-state index contributed by atoms with van der Waals surface area (Å²) in [4.78, 5) is 36.0. The molecule has 170 valence electrons. The van der Waals surface area contributed by atoms with E-state index in [0.717, 1.165) is 5.56 Å². The number of allylic oxidation sites excluding steroid dienone is 1. The molecule has 0 fully saturated rings. The number of benzene rings is 1. The van der Waals surface area contributed by atoms with Gasteiger partial charge >= 0.3 is 0 Å². The van der Waals surface area contributed by atoms with Crippen molar-refractivity contribution in [2.45, 2.75) is 53.5 Å². The first-order valence-corrected chi connectivity index (χ1v) is 10.5. The van der Waals surface area contributed by atoms with Crippen LogP contribution in [0, 0.1) is 5.92 Å². The zero-order valence-electron chi connectivity index (χ0n) is 19.2. The topological polar surface area (TPSA) is 113 Å². The molecule has 1 unspecified atom stereocenters. The van der Waals surface area contributed by atoms with Gasteiger partial charge in [-0.2, -0.15) is 0 Å². The van der Waals surface area contributed by atoms with E-state index in [0.29, 0.717) is 25.9 Å². The van der Waals surface area contributed by atoms with Crippen LogP contribution in [0.15, 0.2) is 43.0 Å². The second-order valence-corrected chi connectivity index (χ2v) is 6.67. The fourth-order valence-corrected chi connectivity index (χ4v) is 2.24. The largest absolute Gasteiger partial charge is 0.353 e.